The zero-order valence-corrected chi connectivity index (χ0v) is 21.7. The van der Waals surface area contributed by atoms with Gasteiger partial charge in [0.15, 0.2) is 5.82 Å². The van der Waals surface area contributed by atoms with E-state index in [9.17, 15) is 13.2 Å². The Morgan fingerprint density at radius 1 is 1.05 bits per heavy atom. The number of carbonyl (C=O) groups excluding carboxylic acids is 1. The van der Waals surface area contributed by atoms with Crippen molar-refractivity contribution >= 4 is 38.9 Å². The summed E-state index contributed by atoms with van der Waals surface area (Å²) in [6, 6.07) is 15.0. The molecule has 11 nitrogen and oxygen atoms in total. The molecule has 0 aliphatic carbocycles. The SMILES string of the molecule is C=C(C)C(=O)OCCOCCN(C)c1ccc(N=Nc2ccc(S(=O)(=O)Nc3cc(C)on3)cc2)cc1. The lowest BCUT2D eigenvalue weighted by atomic mass is 10.2. The van der Waals surface area contributed by atoms with Gasteiger partial charge in [-0.3, -0.25) is 4.72 Å². The molecule has 0 bridgehead atoms. The molecule has 12 heteroatoms. The summed E-state index contributed by atoms with van der Waals surface area (Å²) in [4.78, 5) is 13.4. The Labute approximate surface area is 215 Å². The van der Waals surface area contributed by atoms with Gasteiger partial charge < -0.3 is 18.9 Å². The van der Waals surface area contributed by atoms with Crippen LogP contribution in [0.15, 0.2) is 86.4 Å². The number of aryl methyl sites for hydroxylation is 1. The second-order valence-corrected chi connectivity index (χ2v) is 9.77. The van der Waals surface area contributed by atoms with E-state index in [4.69, 9.17) is 14.0 Å². The van der Waals surface area contributed by atoms with Crippen molar-refractivity contribution in [2.75, 3.05) is 43.0 Å². The summed E-state index contributed by atoms with van der Waals surface area (Å²) < 4.78 is 42.6. The molecular formula is C25H29N5O6S. The molecule has 1 heterocycles. The highest BCUT2D eigenvalue weighted by molar-refractivity contribution is 7.92. The fourth-order valence-corrected chi connectivity index (χ4v) is 3.93. The minimum absolute atomic E-state index is 0.0661. The Kier molecular flexibility index (Phi) is 9.52. The maximum Gasteiger partial charge on any atom is 0.333 e. The Morgan fingerprint density at radius 2 is 1.68 bits per heavy atom. The van der Waals surface area contributed by atoms with Gasteiger partial charge in [-0.2, -0.15) is 10.2 Å². The summed E-state index contributed by atoms with van der Waals surface area (Å²) in [5.74, 6) is 0.192. The van der Waals surface area contributed by atoms with Gasteiger partial charge in [0.25, 0.3) is 10.0 Å². The first-order valence-corrected chi connectivity index (χ1v) is 12.8. The van der Waals surface area contributed by atoms with E-state index >= 15 is 0 Å². The molecule has 3 rings (SSSR count). The predicted molar refractivity (Wildman–Crippen MR) is 139 cm³/mol. The van der Waals surface area contributed by atoms with Crippen LogP contribution < -0.4 is 9.62 Å². The minimum Gasteiger partial charge on any atom is -0.460 e. The second kappa shape index (κ2) is 12.8. The predicted octanol–water partition coefficient (Wildman–Crippen LogP) is 4.77. The van der Waals surface area contributed by atoms with Crippen LogP contribution in [-0.2, 0) is 24.3 Å². The third kappa shape index (κ3) is 8.54. The van der Waals surface area contributed by atoms with Crippen LogP contribution in [0.2, 0.25) is 0 Å². The van der Waals surface area contributed by atoms with Crippen LogP contribution in [-0.4, -0.2) is 53.0 Å². The lowest BCUT2D eigenvalue weighted by Gasteiger charge is -2.19. The zero-order chi connectivity index (χ0) is 26.8. The first kappa shape index (κ1) is 27.6. The van der Waals surface area contributed by atoms with Crippen molar-refractivity contribution in [1.29, 1.82) is 0 Å². The third-order valence-electron chi connectivity index (χ3n) is 4.97. The average molecular weight is 528 g/mol. The molecule has 0 saturated heterocycles. The molecule has 1 N–H and O–H groups in total. The van der Waals surface area contributed by atoms with Crippen molar-refractivity contribution in [3.63, 3.8) is 0 Å². The number of benzene rings is 2. The number of nitrogens with zero attached hydrogens (tertiary/aromatic N) is 4. The van der Waals surface area contributed by atoms with E-state index in [1.165, 1.54) is 18.2 Å². The highest BCUT2D eigenvalue weighted by Crippen LogP contribution is 2.23. The van der Waals surface area contributed by atoms with Crippen molar-refractivity contribution in [1.82, 2.24) is 5.16 Å². The molecule has 0 fully saturated rings. The quantitative estimate of drug-likeness (QED) is 0.145. The van der Waals surface area contributed by atoms with E-state index in [1.807, 2.05) is 36.2 Å². The van der Waals surface area contributed by atoms with Gasteiger partial charge in [-0.25, -0.2) is 13.2 Å². The maximum absolute atomic E-state index is 12.5. The maximum atomic E-state index is 12.5. The Balaban J connectivity index is 1.46. The van der Waals surface area contributed by atoms with Crippen LogP contribution in [0.1, 0.15) is 12.7 Å². The highest BCUT2D eigenvalue weighted by atomic mass is 32.2. The van der Waals surface area contributed by atoms with Crippen molar-refractivity contribution in [2.45, 2.75) is 18.7 Å². The van der Waals surface area contributed by atoms with Crippen molar-refractivity contribution < 1.29 is 27.2 Å². The smallest absolute Gasteiger partial charge is 0.333 e. The first-order valence-electron chi connectivity index (χ1n) is 11.3. The largest absolute Gasteiger partial charge is 0.460 e. The fourth-order valence-electron chi connectivity index (χ4n) is 2.94. The number of hydrogen-bond donors (Lipinski definition) is 1. The highest BCUT2D eigenvalue weighted by Gasteiger charge is 2.16. The number of anilines is 2. The molecule has 0 aliphatic heterocycles. The number of likely N-dealkylation sites (N-methyl/N-ethyl adjacent to an activating group) is 1. The van der Waals surface area contributed by atoms with E-state index < -0.39 is 16.0 Å². The molecular weight excluding hydrogens is 498 g/mol. The lowest BCUT2D eigenvalue weighted by Crippen LogP contribution is -2.23. The monoisotopic (exact) mass is 527 g/mol. The van der Waals surface area contributed by atoms with Crippen molar-refractivity contribution in [3.05, 3.63) is 72.5 Å². The summed E-state index contributed by atoms with van der Waals surface area (Å²) in [6.07, 6.45) is 0. The summed E-state index contributed by atoms with van der Waals surface area (Å²) in [7, 11) is -1.86. The molecule has 196 valence electrons. The number of azo groups is 1. The van der Waals surface area contributed by atoms with Gasteiger partial charge in [0, 0.05) is 30.9 Å². The zero-order valence-electron chi connectivity index (χ0n) is 20.9. The van der Waals surface area contributed by atoms with Gasteiger partial charge in [0.2, 0.25) is 0 Å². The molecule has 0 aliphatic rings. The lowest BCUT2D eigenvalue weighted by molar-refractivity contribution is -0.140. The summed E-state index contributed by atoms with van der Waals surface area (Å²) >= 11 is 0. The van der Waals surface area contributed by atoms with Crippen LogP contribution in [0.3, 0.4) is 0 Å². The fraction of sp³-hybridized carbons (Fsp3) is 0.280. The Hall–Kier alpha value is -4.03. The number of esters is 1. The number of ether oxygens (including phenoxy) is 2. The standard InChI is InChI=1S/C25H29N5O6S/c1-18(2)25(31)35-16-15-34-14-13-30(4)22-9-5-20(6-10-22)26-27-21-7-11-23(12-8-21)37(32,33)29-24-17-19(3)36-28-24/h5-12,17H,1,13-16H2,2-4H3,(H,28,29). The van der Waals surface area contributed by atoms with E-state index in [0.29, 0.717) is 42.5 Å². The summed E-state index contributed by atoms with van der Waals surface area (Å²) in [6.45, 7) is 8.41. The van der Waals surface area contributed by atoms with Crippen LogP contribution in [0.4, 0.5) is 22.9 Å². The van der Waals surface area contributed by atoms with E-state index in [-0.39, 0.29) is 17.3 Å². The molecule has 0 unspecified atom stereocenters. The molecule has 37 heavy (non-hydrogen) atoms. The number of nitrogens with one attached hydrogen (secondary N) is 1. The first-order chi connectivity index (χ1) is 17.6. The number of aromatic nitrogens is 1. The van der Waals surface area contributed by atoms with Crippen LogP contribution >= 0.6 is 0 Å². The van der Waals surface area contributed by atoms with E-state index in [1.54, 1.807) is 26.0 Å². The minimum atomic E-state index is -3.80. The summed E-state index contributed by atoms with van der Waals surface area (Å²) in [5.41, 5.74) is 2.48. The Morgan fingerprint density at radius 3 is 2.24 bits per heavy atom. The van der Waals surface area contributed by atoms with Gasteiger partial charge in [-0.1, -0.05) is 11.7 Å². The van der Waals surface area contributed by atoms with Crippen molar-refractivity contribution in [3.8, 4) is 0 Å². The van der Waals surface area contributed by atoms with Crippen LogP contribution in [0, 0.1) is 6.92 Å². The van der Waals surface area contributed by atoms with Gasteiger partial charge in [-0.05, 0) is 62.4 Å². The number of carbonyl (C=O) groups is 1. The topological polar surface area (TPSA) is 136 Å². The molecule has 0 amide bonds. The molecule has 0 spiro atoms. The van der Waals surface area contributed by atoms with Gasteiger partial charge in [0.05, 0.1) is 29.5 Å². The Bertz CT molecular complexity index is 1330. The molecule has 2 aromatic carbocycles. The van der Waals surface area contributed by atoms with Crippen LogP contribution in [0.25, 0.3) is 0 Å². The molecule has 0 saturated carbocycles. The molecule has 1 aromatic heterocycles. The number of hydrogen-bond acceptors (Lipinski definition) is 10. The number of sulfonamides is 1. The number of rotatable bonds is 13. The molecule has 0 radical (unpaired) electrons. The molecule has 3 aromatic rings. The van der Waals surface area contributed by atoms with E-state index in [2.05, 4.69) is 26.7 Å². The normalized spacial score (nSPS) is 11.4. The molecule has 0 atom stereocenters. The van der Waals surface area contributed by atoms with Gasteiger partial charge >= 0.3 is 5.97 Å². The van der Waals surface area contributed by atoms with E-state index in [0.717, 1.165) is 5.69 Å². The third-order valence-corrected chi connectivity index (χ3v) is 6.34. The average Bonchev–Trinajstić information content (AvgIpc) is 3.28. The van der Waals surface area contributed by atoms with Gasteiger partial charge in [0.1, 0.15) is 12.4 Å². The summed E-state index contributed by atoms with van der Waals surface area (Å²) in [5, 5.41) is 12.0. The second-order valence-electron chi connectivity index (χ2n) is 8.09. The van der Waals surface area contributed by atoms with Crippen LogP contribution in [0.5, 0.6) is 0 Å². The van der Waals surface area contributed by atoms with Gasteiger partial charge in [-0.15, -0.1) is 0 Å². The van der Waals surface area contributed by atoms with Crippen molar-refractivity contribution in [2.24, 2.45) is 10.2 Å².